The van der Waals surface area contributed by atoms with Gasteiger partial charge >= 0.3 is 0 Å². The highest BCUT2D eigenvalue weighted by atomic mass is 35.5. The molecule has 1 saturated heterocycles. The van der Waals surface area contributed by atoms with Crippen molar-refractivity contribution in [3.63, 3.8) is 0 Å². The smallest absolute Gasteiger partial charge is 0.229 e. The first kappa shape index (κ1) is 16.8. The second-order valence-electron chi connectivity index (χ2n) is 5.86. The summed E-state index contributed by atoms with van der Waals surface area (Å²) in [7, 11) is 1.65. The third kappa shape index (κ3) is 3.88. The molecule has 1 aromatic carbocycles. The largest absolute Gasteiger partial charge is 0.383 e. The van der Waals surface area contributed by atoms with Crippen LogP contribution < -0.4 is 10.2 Å². The van der Waals surface area contributed by atoms with E-state index in [2.05, 4.69) is 15.3 Å². The number of amides is 1. The molecule has 0 radical (unpaired) electrons. The van der Waals surface area contributed by atoms with Crippen molar-refractivity contribution in [2.24, 2.45) is 5.92 Å². The molecule has 2 heterocycles. The van der Waals surface area contributed by atoms with E-state index in [1.165, 1.54) is 0 Å². The Morgan fingerprint density at radius 1 is 1.46 bits per heavy atom. The standard InChI is InChI=1S/C17H21ClN4O2/c1-24-9-8-22-12-14(10-19-22)20-17(23)13-6-7-21(11-13)16-5-3-2-4-15(16)18/h2-5,10,12-13H,6-9,11H2,1H3,(H,20,23). The van der Waals surface area contributed by atoms with Gasteiger partial charge in [-0.05, 0) is 18.6 Å². The summed E-state index contributed by atoms with van der Waals surface area (Å²) < 4.78 is 6.77. The van der Waals surface area contributed by atoms with Crippen molar-refractivity contribution in [3.8, 4) is 0 Å². The summed E-state index contributed by atoms with van der Waals surface area (Å²) in [5, 5.41) is 7.87. The van der Waals surface area contributed by atoms with Gasteiger partial charge in [0.15, 0.2) is 0 Å². The van der Waals surface area contributed by atoms with Crippen molar-refractivity contribution in [2.75, 3.05) is 37.0 Å². The number of methoxy groups -OCH3 is 1. The molecule has 0 spiro atoms. The molecular formula is C17H21ClN4O2. The van der Waals surface area contributed by atoms with E-state index in [1.807, 2.05) is 30.5 Å². The van der Waals surface area contributed by atoms with Crippen molar-refractivity contribution in [1.29, 1.82) is 0 Å². The Labute approximate surface area is 146 Å². The van der Waals surface area contributed by atoms with Crippen molar-refractivity contribution in [2.45, 2.75) is 13.0 Å². The number of hydrogen-bond donors (Lipinski definition) is 1. The topological polar surface area (TPSA) is 59.4 Å². The zero-order chi connectivity index (χ0) is 16.9. The van der Waals surface area contributed by atoms with Gasteiger partial charge in [0.2, 0.25) is 5.91 Å². The van der Waals surface area contributed by atoms with Gasteiger partial charge in [-0.1, -0.05) is 23.7 Å². The lowest BCUT2D eigenvalue weighted by Crippen LogP contribution is -2.27. The van der Waals surface area contributed by atoms with E-state index >= 15 is 0 Å². The van der Waals surface area contributed by atoms with Crippen LogP contribution in [0.15, 0.2) is 36.7 Å². The SMILES string of the molecule is COCCn1cc(NC(=O)C2CCN(c3ccccc3Cl)C2)cn1. The number of aromatic nitrogens is 2. The van der Waals surface area contributed by atoms with Crippen LogP contribution in [-0.2, 0) is 16.1 Å². The zero-order valence-corrected chi connectivity index (χ0v) is 14.4. The van der Waals surface area contributed by atoms with E-state index in [9.17, 15) is 4.79 Å². The molecule has 1 atom stereocenters. The second kappa shape index (κ2) is 7.68. The van der Waals surface area contributed by atoms with Gasteiger partial charge in [-0.15, -0.1) is 0 Å². The van der Waals surface area contributed by atoms with Gasteiger partial charge in [0.25, 0.3) is 0 Å². The summed E-state index contributed by atoms with van der Waals surface area (Å²) in [4.78, 5) is 14.6. The average molecular weight is 349 g/mol. The fraction of sp³-hybridized carbons (Fsp3) is 0.412. The van der Waals surface area contributed by atoms with Crippen molar-refractivity contribution < 1.29 is 9.53 Å². The van der Waals surface area contributed by atoms with Crippen molar-refractivity contribution in [3.05, 3.63) is 41.7 Å². The van der Waals surface area contributed by atoms with Gasteiger partial charge in [-0.25, -0.2) is 0 Å². The number of carbonyl (C=O) groups is 1. The lowest BCUT2D eigenvalue weighted by Gasteiger charge is -2.19. The number of nitrogens with zero attached hydrogens (tertiary/aromatic N) is 3. The maximum Gasteiger partial charge on any atom is 0.229 e. The van der Waals surface area contributed by atoms with Gasteiger partial charge in [0, 0.05) is 26.4 Å². The Hall–Kier alpha value is -2.05. The predicted octanol–water partition coefficient (Wildman–Crippen LogP) is 2.65. The van der Waals surface area contributed by atoms with E-state index in [0.717, 1.165) is 23.7 Å². The molecule has 6 nitrogen and oxygen atoms in total. The summed E-state index contributed by atoms with van der Waals surface area (Å²) >= 11 is 6.24. The Kier molecular flexibility index (Phi) is 5.37. The molecule has 24 heavy (non-hydrogen) atoms. The number of rotatable bonds is 6. The number of hydrogen-bond acceptors (Lipinski definition) is 4. The molecule has 1 N–H and O–H groups in total. The number of nitrogens with one attached hydrogen (secondary N) is 1. The highest BCUT2D eigenvalue weighted by Crippen LogP contribution is 2.30. The fourth-order valence-electron chi connectivity index (χ4n) is 2.88. The van der Waals surface area contributed by atoms with E-state index < -0.39 is 0 Å². The summed E-state index contributed by atoms with van der Waals surface area (Å²) in [6, 6.07) is 7.73. The molecular weight excluding hydrogens is 328 g/mol. The van der Waals surface area contributed by atoms with Crippen LogP contribution in [0.5, 0.6) is 0 Å². The number of ether oxygens (including phenoxy) is 1. The minimum absolute atomic E-state index is 0.0239. The Bertz CT molecular complexity index is 703. The number of anilines is 2. The Morgan fingerprint density at radius 3 is 3.08 bits per heavy atom. The molecule has 0 aliphatic carbocycles. The minimum atomic E-state index is -0.0522. The third-order valence-electron chi connectivity index (χ3n) is 4.18. The van der Waals surface area contributed by atoms with E-state index in [1.54, 1.807) is 18.0 Å². The zero-order valence-electron chi connectivity index (χ0n) is 13.6. The van der Waals surface area contributed by atoms with E-state index in [4.69, 9.17) is 16.3 Å². The van der Waals surface area contributed by atoms with Crippen LogP contribution in [0.3, 0.4) is 0 Å². The first-order valence-electron chi connectivity index (χ1n) is 7.99. The number of para-hydroxylation sites is 1. The highest BCUT2D eigenvalue weighted by Gasteiger charge is 2.29. The van der Waals surface area contributed by atoms with Gasteiger partial charge in [-0.2, -0.15) is 5.10 Å². The summed E-state index contributed by atoms with van der Waals surface area (Å²) in [5.74, 6) is -0.0283. The van der Waals surface area contributed by atoms with Gasteiger partial charge in [0.05, 0.1) is 41.7 Å². The van der Waals surface area contributed by atoms with Crippen molar-refractivity contribution in [1.82, 2.24) is 9.78 Å². The molecule has 1 amide bonds. The van der Waals surface area contributed by atoms with Crippen LogP contribution in [0.4, 0.5) is 11.4 Å². The van der Waals surface area contributed by atoms with E-state index in [-0.39, 0.29) is 11.8 Å². The fourth-order valence-corrected chi connectivity index (χ4v) is 3.14. The normalized spacial score (nSPS) is 17.2. The summed E-state index contributed by atoms with van der Waals surface area (Å²) in [6.45, 7) is 2.75. The van der Waals surface area contributed by atoms with Crippen LogP contribution in [0.2, 0.25) is 5.02 Å². The first-order chi connectivity index (χ1) is 11.7. The second-order valence-corrected chi connectivity index (χ2v) is 6.26. The first-order valence-corrected chi connectivity index (χ1v) is 8.37. The number of benzene rings is 1. The van der Waals surface area contributed by atoms with Gasteiger partial charge < -0.3 is 15.0 Å². The molecule has 7 heteroatoms. The molecule has 1 unspecified atom stereocenters. The third-order valence-corrected chi connectivity index (χ3v) is 4.50. The monoisotopic (exact) mass is 348 g/mol. The number of carbonyl (C=O) groups excluding carboxylic acids is 1. The summed E-state index contributed by atoms with van der Waals surface area (Å²) in [6.07, 6.45) is 4.29. The maximum atomic E-state index is 12.5. The van der Waals surface area contributed by atoms with Crippen molar-refractivity contribution >= 4 is 28.9 Å². The van der Waals surface area contributed by atoms with Crippen LogP contribution in [-0.4, -0.2) is 42.5 Å². The summed E-state index contributed by atoms with van der Waals surface area (Å²) in [5.41, 5.74) is 1.70. The van der Waals surface area contributed by atoms with Gasteiger partial charge in [0.1, 0.15) is 0 Å². The molecule has 1 aliphatic rings. The van der Waals surface area contributed by atoms with Crippen LogP contribution in [0.1, 0.15) is 6.42 Å². The molecule has 128 valence electrons. The van der Waals surface area contributed by atoms with Gasteiger partial charge in [-0.3, -0.25) is 9.48 Å². The van der Waals surface area contributed by atoms with Crippen LogP contribution >= 0.6 is 11.6 Å². The minimum Gasteiger partial charge on any atom is -0.383 e. The Balaban J connectivity index is 1.57. The maximum absolute atomic E-state index is 12.5. The van der Waals surface area contributed by atoms with Crippen LogP contribution in [0.25, 0.3) is 0 Å². The molecule has 0 bridgehead atoms. The average Bonchev–Trinajstić information content (AvgIpc) is 3.23. The predicted molar refractivity (Wildman–Crippen MR) is 94.5 cm³/mol. The lowest BCUT2D eigenvalue weighted by molar-refractivity contribution is -0.119. The molecule has 2 aromatic rings. The molecule has 1 fully saturated rings. The van der Waals surface area contributed by atoms with Crippen LogP contribution in [0, 0.1) is 5.92 Å². The lowest BCUT2D eigenvalue weighted by atomic mass is 10.1. The quantitative estimate of drug-likeness (QED) is 0.871. The van der Waals surface area contributed by atoms with E-state index in [0.29, 0.717) is 25.4 Å². The number of halogens is 1. The molecule has 1 aromatic heterocycles. The Morgan fingerprint density at radius 2 is 2.29 bits per heavy atom. The molecule has 0 saturated carbocycles. The highest BCUT2D eigenvalue weighted by molar-refractivity contribution is 6.33. The molecule has 1 aliphatic heterocycles. The molecule has 3 rings (SSSR count).